The summed E-state index contributed by atoms with van der Waals surface area (Å²) in [5.74, 6) is 0. The van der Waals surface area contributed by atoms with E-state index in [2.05, 4.69) is 32.4 Å². The van der Waals surface area contributed by atoms with Crippen LogP contribution in [0.1, 0.15) is 35.1 Å². The van der Waals surface area contributed by atoms with Gasteiger partial charge in [-0.2, -0.15) is 0 Å². The van der Waals surface area contributed by atoms with Gasteiger partial charge in [-0.25, -0.2) is 0 Å². The zero-order valence-corrected chi connectivity index (χ0v) is 11.4. The molecule has 2 aromatic rings. The number of aromatic nitrogens is 2. The molecule has 94 valence electrons. The minimum Gasteiger partial charge on any atom is -0.290 e. The van der Waals surface area contributed by atoms with Crippen LogP contribution in [0.3, 0.4) is 0 Å². The van der Waals surface area contributed by atoms with E-state index in [4.69, 9.17) is 0 Å². The Hall–Kier alpha value is -1.26. The number of rotatable bonds is 3. The molecule has 3 rings (SSSR count). The molecule has 1 fully saturated rings. The molecule has 0 radical (unpaired) electrons. The maximum absolute atomic E-state index is 4.63. The van der Waals surface area contributed by atoms with Gasteiger partial charge in [0.1, 0.15) is 0 Å². The monoisotopic (exact) mass is 259 g/mol. The summed E-state index contributed by atoms with van der Waals surface area (Å²) >= 11 is 1.83. The smallest absolute Gasteiger partial charge is 0.0761 e. The molecule has 1 aliphatic heterocycles. The van der Waals surface area contributed by atoms with E-state index in [9.17, 15) is 0 Å². The predicted molar refractivity (Wildman–Crippen MR) is 73.5 cm³/mol. The Morgan fingerprint density at radius 3 is 3.17 bits per heavy atom. The highest BCUT2D eigenvalue weighted by Gasteiger charge is 2.27. The van der Waals surface area contributed by atoms with Crippen molar-refractivity contribution in [3.8, 4) is 0 Å². The molecule has 1 unspecified atom stereocenters. The van der Waals surface area contributed by atoms with Crippen molar-refractivity contribution < 1.29 is 0 Å². The van der Waals surface area contributed by atoms with E-state index in [1.807, 2.05) is 30.7 Å². The van der Waals surface area contributed by atoms with Gasteiger partial charge in [0.15, 0.2) is 0 Å². The van der Waals surface area contributed by atoms with E-state index >= 15 is 0 Å². The Morgan fingerprint density at radius 2 is 2.39 bits per heavy atom. The van der Waals surface area contributed by atoms with E-state index in [0.29, 0.717) is 6.04 Å². The fraction of sp³-hybridized carbons (Fsp3) is 0.429. The van der Waals surface area contributed by atoms with Gasteiger partial charge in [0.25, 0.3) is 0 Å². The lowest BCUT2D eigenvalue weighted by Crippen LogP contribution is -2.23. The van der Waals surface area contributed by atoms with Gasteiger partial charge in [0, 0.05) is 23.8 Å². The molecule has 18 heavy (non-hydrogen) atoms. The second-order valence-electron chi connectivity index (χ2n) is 4.79. The standard InChI is InChI=1S/C14H17N3S/c1-11-8-15-9-13(16-11)14-5-2-6-17(14)10-12-4-3-7-18-12/h3-4,7-9,14H,2,5-6,10H2,1H3. The predicted octanol–water partition coefficient (Wildman–Crippen LogP) is 3.18. The van der Waals surface area contributed by atoms with Crippen molar-refractivity contribution in [2.75, 3.05) is 6.54 Å². The highest BCUT2D eigenvalue weighted by Crippen LogP contribution is 2.32. The van der Waals surface area contributed by atoms with Gasteiger partial charge in [-0.3, -0.25) is 14.9 Å². The van der Waals surface area contributed by atoms with Crippen LogP contribution in [-0.4, -0.2) is 21.4 Å². The molecule has 2 aromatic heterocycles. The summed E-state index contributed by atoms with van der Waals surface area (Å²) in [6, 6.07) is 4.78. The third kappa shape index (κ3) is 2.44. The summed E-state index contributed by atoms with van der Waals surface area (Å²) in [7, 11) is 0. The first-order valence-corrected chi connectivity index (χ1v) is 7.26. The highest BCUT2D eigenvalue weighted by molar-refractivity contribution is 7.09. The number of nitrogens with zero attached hydrogens (tertiary/aromatic N) is 3. The molecule has 0 amide bonds. The zero-order chi connectivity index (χ0) is 12.4. The van der Waals surface area contributed by atoms with Crippen molar-refractivity contribution in [3.63, 3.8) is 0 Å². The average Bonchev–Trinajstić information content (AvgIpc) is 3.01. The number of likely N-dealkylation sites (tertiary alicyclic amines) is 1. The van der Waals surface area contributed by atoms with Crippen LogP contribution < -0.4 is 0 Å². The quantitative estimate of drug-likeness (QED) is 0.847. The van der Waals surface area contributed by atoms with Crippen LogP contribution in [0.2, 0.25) is 0 Å². The Bertz CT molecular complexity index is 510. The molecule has 0 aromatic carbocycles. The van der Waals surface area contributed by atoms with Crippen molar-refractivity contribution in [2.45, 2.75) is 32.4 Å². The van der Waals surface area contributed by atoms with Gasteiger partial charge in [0.05, 0.1) is 17.4 Å². The van der Waals surface area contributed by atoms with Crippen LogP contribution in [0.25, 0.3) is 0 Å². The van der Waals surface area contributed by atoms with Crippen molar-refractivity contribution >= 4 is 11.3 Å². The van der Waals surface area contributed by atoms with Gasteiger partial charge in [0.2, 0.25) is 0 Å². The number of thiophene rings is 1. The summed E-state index contributed by atoms with van der Waals surface area (Å²) < 4.78 is 0. The van der Waals surface area contributed by atoms with Crippen LogP contribution in [0, 0.1) is 6.92 Å². The molecule has 4 heteroatoms. The van der Waals surface area contributed by atoms with Crippen molar-refractivity contribution in [1.82, 2.24) is 14.9 Å². The van der Waals surface area contributed by atoms with Crippen LogP contribution >= 0.6 is 11.3 Å². The maximum Gasteiger partial charge on any atom is 0.0761 e. The van der Waals surface area contributed by atoms with E-state index in [-0.39, 0.29) is 0 Å². The number of aryl methyl sites for hydroxylation is 1. The lowest BCUT2D eigenvalue weighted by Gasteiger charge is -2.23. The molecule has 1 aliphatic rings. The molecule has 3 heterocycles. The van der Waals surface area contributed by atoms with Gasteiger partial charge >= 0.3 is 0 Å². The maximum atomic E-state index is 4.63. The first-order valence-electron chi connectivity index (χ1n) is 6.38. The van der Waals surface area contributed by atoms with Crippen molar-refractivity contribution in [1.29, 1.82) is 0 Å². The van der Waals surface area contributed by atoms with Crippen LogP contribution in [0.4, 0.5) is 0 Å². The van der Waals surface area contributed by atoms with Gasteiger partial charge in [-0.1, -0.05) is 6.07 Å². The molecule has 0 N–H and O–H groups in total. The average molecular weight is 259 g/mol. The Morgan fingerprint density at radius 1 is 1.44 bits per heavy atom. The second-order valence-corrected chi connectivity index (χ2v) is 5.83. The van der Waals surface area contributed by atoms with Gasteiger partial charge in [-0.05, 0) is 37.8 Å². The van der Waals surface area contributed by atoms with E-state index in [1.165, 1.54) is 17.7 Å². The SMILES string of the molecule is Cc1cncc(C2CCCN2Cc2cccs2)n1. The largest absolute Gasteiger partial charge is 0.290 e. The summed E-state index contributed by atoms with van der Waals surface area (Å²) in [5.41, 5.74) is 2.14. The molecule has 0 spiro atoms. The lowest BCUT2D eigenvalue weighted by molar-refractivity contribution is 0.246. The van der Waals surface area contributed by atoms with E-state index in [1.54, 1.807) is 0 Å². The molecular weight excluding hydrogens is 242 g/mol. The van der Waals surface area contributed by atoms with Crippen LogP contribution in [0.5, 0.6) is 0 Å². The summed E-state index contributed by atoms with van der Waals surface area (Å²) in [5, 5.41) is 2.15. The minimum atomic E-state index is 0.444. The molecule has 3 nitrogen and oxygen atoms in total. The fourth-order valence-corrected chi connectivity index (χ4v) is 3.33. The topological polar surface area (TPSA) is 29.0 Å². The highest BCUT2D eigenvalue weighted by atomic mass is 32.1. The first-order chi connectivity index (χ1) is 8.83. The minimum absolute atomic E-state index is 0.444. The molecule has 1 saturated heterocycles. The Kier molecular flexibility index (Phi) is 3.39. The van der Waals surface area contributed by atoms with Gasteiger partial charge < -0.3 is 0 Å². The van der Waals surface area contributed by atoms with E-state index < -0.39 is 0 Å². The third-order valence-electron chi connectivity index (χ3n) is 3.42. The van der Waals surface area contributed by atoms with Gasteiger partial charge in [-0.15, -0.1) is 11.3 Å². The Balaban J connectivity index is 1.79. The molecule has 0 bridgehead atoms. The molecular formula is C14H17N3S. The van der Waals surface area contributed by atoms with Crippen molar-refractivity contribution in [2.24, 2.45) is 0 Å². The first kappa shape index (κ1) is 11.8. The Labute approximate surface area is 112 Å². The van der Waals surface area contributed by atoms with Crippen molar-refractivity contribution in [3.05, 3.63) is 46.2 Å². The van der Waals surface area contributed by atoms with Crippen LogP contribution in [-0.2, 0) is 6.54 Å². The molecule has 1 atom stereocenters. The van der Waals surface area contributed by atoms with Crippen LogP contribution in [0.15, 0.2) is 29.9 Å². The zero-order valence-electron chi connectivity index (χ0n) is 10.5. The third-order valence-corrected chi connectivity index (χ3v) is 4.28. The lowest BCUT2D eigenvalue weighted by atomic mass is 10.1. The summed E-state index contributed by atoms with van der Waals surface area (Å²) in [4.78, 5) is 12.9. The summed E-state index contributed by atoms with van der Waals surface area (Å²) in [6.07, 6.45) is 6.20. The second kappa shape index (κ2) is 5.16. The normalized spacial score (nSPS) is 20.4. The molecule has 0 saturated carbocycles. The van der Waals surface area contributed by atoms with E-state index in [0.717, 1.165) is 24.5 Å². The summed E-state index contributed by atoms with van der Waals surface area (Å²) in [6.45, 7) is 4.21. The number of hydrogen-bond acceptors (Lipinski definition) is 4. The fourth-order valence-electron chi connectivity index (χ4n) is 2.60. The molecule has 0 aliphatic carbocycles. The number of hydrogen-bond donors (Lipinski definition) is 0.